The fourth-order valence-corrected chi connectivity index (χ4v) is 2.57. The van der Waals surface area contributed by atoms with Crippen molar-refractivity contribution in [1.82, 2.24) is 0 Å². The highest BCUT2D eigenvalue weighted by Crippen LogP contribution is 2.36. The number of carbonyl (C=O) groups is 1. The van der Waals surface area contributed by atoms with Crippen molar-refractivity contribution in [3.8, 4) is 5.75 Å². The zero-order valence-electron chi connectivity index (χ0n) is 12.0. The first-order valence-electron chi connectivity index (χ1n) is 6.53. The Labute approximate surface area is 114 Å². The SMILES string of the molecule is COc1cccc(C(C(=O)O)C(C)CC(C)C)c1N. The molecule has 0 saturated carbocycles. The van der Waals surface area contributed by atoms with E-state index in [9.17, 15) is 9.90 Å². The summed E-state index contributed by atoms with van der Waals surface area (Å²) in [6.07, 6.45) is 0.841. The topological polar surface area (TPSA) is 72.5 Å². The zero-order valence-corrected chi connectivity index (χ0v) is 12.0. The largest absolute Gasteiger partial charge is 0.495 e. The second-order valence-electron chi connectivity index (χ2n) is 5.39. The molecule has 0 aromatic heterocycles. The van der Waals surface area contributed by atoms with Crippen LogP contribution in [0.25, 0.3) is 0 Å². The maximum atomic E-state index is 11.6. The fraction of sp³-hybridized carbons (Fsp3) is 0.533. The van der Waals surface area contributed by atoms with Crippen LogP contribution in [0.2, 0.25) is 0 Å². The molecule has 19 heavy (non-hydrogen) atoms. The summed E-state index contributed by atoms with van der Waals surface area (Å²) in [5.41, 5.74) is 7.08. The van der Waals surface area contributed by atoms with Crippen molar-refractivity contribution in [2.45, 2.75) is 33.1 Å². The first-order chi connectivity index (χ1) is 8.88. The molecule has 0 radical (unpaired) electrons. The maximum absolute atomic E-state index is 11.6. The molecule has 4 nitrogen and oxygen atoms in total. The van der Waals surface area contributed by atoms with E-state index in [1.165, 1.54) is 7.11 Å². The number of hydrogen-bond acceptors (Lipinski definition) is 3. The van der Waals surface area contributed by atoms with Crippen LogP contribution in [-0.2, 0) is 4.79 Å². The number of hydrogen-bond donors (Lipinski definition) is 2. The number of nitrogens with two attached hydrogens (primary N) is 1. The molecular weight excluding hydrogens is 242 g/mol. The van der Waals surface area contributed by atoms with E-state index in [4.69, 9.17) is 10.5 Å². The highest BCUT2D eigenvalue weighted by Gasteiger charge is 2.29. The summed E-state index contributed by atoms with van der Waals surface area (Å²) in [5.74, 6) is -0.443. The molecule has 3 N–H and O–H groups in total. The van der Waals surface area contributed by atoms with Gasteiger partial charge in [0.25, 0.3) is 0 Å². The van der Waals surface area contributed by atoms with Gasteiger partial charge in [-0.05, 0) is 29.9 Å². The number of aliphatic carboxylic acids is 1. The van der Waals surface area contributed by atoms with Crippen molar-refractivity contribution in [2.24, 2.45) is 11.8 Å². The molecule has 0 saturated heterocycles. The lowest BCUT2D eigenvalue weighted by atomic mass is 9.81. The van der Waals surface area contributed by atoms with E-state index in [1.54, 1.807) is 18.2 Å². The third kappa shape index (κ3) is 3.63. The van der Waals surface area contributed by atoms with Crippen LogP contribution in [0.1, 0.15) is 38.7 Å². The number of rotatable bonds is 6. The Balaban J connectivity index is 3.16. The molecule has 0 aliphatic heterocycles. The van der Waals surface area contributed by atoms with Crippen molar-refractivity contribution < 1.29 is 14.6 Å². The fourth-order valence-electron chi connectivity index (χ4n) is 2.57. The Bertz CT molecular complexity index is 443. The van der Waals surface area contributed by atoms with Gasteiger partial charge in [-0.2, -0.15) is 0 Å². The van der Waals surface area contributed by atoms with Crippen LogP contribution in [0.4, 0.5) is 5.69 Å². The second kappa shape index (κ2) is 6.45. The zero-order chi connectivity index (χ0) is 14.6. The smallest absolute Gasteiger partial charge is 0.311 e. The summed E-state index contributed by atoms with van der Waals surface area (Å²) in [6, 6.07) is 5.29. The predicted molar refractivity (Wildman–Crippen MR) is 76.4 cm³/mol. The van der Waals surface area contributed by atoms with E-state index in [-0.39, 0.29) is 5.92 Å². The van der Waals surface area contributed by atoms with Gasteiger partial charge in [0.05, 0.1) is 18.7 Å². The lowest BCUT2D eigenvalue weighted by Gasteiger charge is -2.24. The van der Waals surface area contributed by atoms with Gasteiger partial charge >= 0.3 is 5.97 Å². The number of carboxylic acids is 1. The van der Waals surface area contributed by atoms with E-state index in [2.05, 4.69) is 13.8 Å². The molecule has 0 aliphatic carbocycles. The Morgan fingerprint density at radius 1 is 1.37 bits per heavy atom. The monoisotopic (exact) mass is 265 g/mol. The van der Waals surface area contributed by atoms with Gasteiger partial charge in [0, 0.05) is 0 Å². The van der Waals surface area contributed by atoms with Crippen LogP contribution < -0.4 is 10.5 Å². The minimum Gasteiger partial charge on any atom is -0.495 e. The van der Waals surface area contributed by atoms with Crippen LogP contribution in [0.5, 0.6) is 5.75 Å². The van der Waals surface area contributed by atoms with Gasteiger partial charge in [0.2, 0.25) is 0 Å². The third-order valence-electron chi connectivity index (χ3n) is 3.33. The van der Waals surface area contributed by atoms with E-state index in [1.807, 2.05) is 6.92 Å². The van der Waals surface area contributed by atoms with E-state index in [0.717, 1.165) is 6.42 Å². The van der Waals surface area contributed by atoms with Gasteiger partial charge in [0.15, 0.2) is 0 Å². The summed E-state index contributed by atoms with van der Waals surface area (Å²) in [6.45, 7) is 6.13. The molecular formula is C15H23NO3. The lowest BCUT2D eigenvalue weighted by molar-refractivity contribution is -0.140. The Hall–Kier alpha value is -1.71. The average molecular weight is 265 g/mol. The normalized spacial score (nSPS) is 14.2. The molecule has 2 unspecified atom stereocenters. The second-order valence-corrected chi connectivity index (χ2v) is 5.39. The van der Waals surface area contributed by atoms with Crippen LogP contribution in [0.15, 0.2) is 18.2 Å². The van der Waals surface area contributed by atoms with Crippen molar-refractivity contribution in [3.63, 3.8) is 0 Å². The van der Waals surface area contributed by atoms with E-state index < -0.39 is 11.9 Å². The van der Waals surface area contributed by atoms with Crippen LogP contribution in [-0.4, -0.2) is 18.2 Å². The first kappa shape index (κ1) is 15.3. The summed E-state index contributed by atoms with van der Waals surface area (Å²) in [5, 5.41) is 9.50. The number of carboxylic acid groups (broad SMARTS) is 1. The Kier molecular flexibility index (Phi) is 5.21. The highest BCUT2D eigenvalue weighted by molar-refractivity contribution is 5.80. The van der Waals surface area contributed by atoms with Gasteiger partial charge in [-0.25, -0.2) is 0 Å². The van der Waals surface area contributed by atoms with Gasteiger partial charge in [-0.15, -0.1) is 0 Å². The van der Waals surface area contributed by atoms with E-state index in [0.29, 0.717) is 22.9 Å². The first-order valence-corrected chi connectivity index (χ1v) is 6.53. The van der Waals surface area contributed by atoms with E-state index >= 15 is 0 Å². The van der Waals surface area contributed by atoms with Crippen molar-refractivity contribution in [3.05, 3.63) is 23.8 Å². The number of nitrogen functional groups attached to an aromatic ring is 1. The average Bonchev–Trinajstić information content (AvgIpc) is 2.30. The molecule has 106 valence electrons. The third-order valence-corrected chi connectivity index (χ3v) is 3.33. The molecule has 0 fully saturated rings. The number of anilines is 1. The molecule has 1 rings (SSSR count). The van der Waals surface area contributed by atoms with Gasteiger partial charge in [-0.1, -0.05) is 32.9 Å². The quantitative estimate of drug-likeness (QED) is 0.775. The summed E-state index contributed by atoms with van der Waals surface area (Å²) < 4.78 is 5.16. The van der Waals surface area contributed by atoms with Crippen molar-refractivity contribution in [2.75, 3.05) is 12.8 Å². The van der Waals surface area contributed by atoms with Crippen LogP contribution in [0.3, 0.4) is 0 Å². The molecule has 0 heterocycles. The number of ether oxygens (including phenoxy) is 1. The highest BCUT2D eigenvalue weighted by atomic mass is 16.5. The molecule has 0 bridgehead atoms. The molecule has 1 aromatic carbocycles. The van der Waals surface area contributed by atoms with Crippen molar-refractivity contribution >= 4 is 11.7 Å². The number of benzene rings is 1. The Morgan fingerprint density at radius 3 is 2.47 bits per heavy atom. The summed E-state index contributed by atoms with van der Waals surface area (Å²) >= 11 is 0. The summed E-state index contributed by atoms with van der Waals surface area (Å²) in [4.78, 5) is 11.6. The maximum Gasteiger partial charge on any atom is 0.311 e. The number of para-hydroxylation sites is 1. The standard InChI is InChI=1S/C15H23NO3/c1-9(2)8-10(3)13(15(17)18)11-6-5-7-12(19-4)14(11)16/h5-7,9-10,13H,8,16H2,1-4H3,(H,17,18). The van der Waals surface area contributed by atoms with Gasteiger partial charge < -0.3 is 15.6 Å². The molecule has 2 atom stereocenters. The molecule has 0 aliphatic rings. The van der Waals surface area contributed by atoms with Crippen LogP contribution >= 0.6 is 0 Å². The Morgan fingerprint density at radius 2 is 2.00 bits per heavy atom. The predicted octanol–water partition coefficient (Wildman–Crippen LogP) is 3.13. The molecule has 4 heteroatoms. The summed E-state index contributed by atoms with van der Waals surface area (Å²) in [7, 11) is 1.53. The molecule has 1 aromatic rings. The van der Waals surface area contributed by atoms with Crippen LogP contribution in [0, 0.1) is 11.8 Å². The van der Waals surface area contributed by atoms with Crippen molar-refractivity contribution in [1.29, 1.82) is 0 Å². The van der Waals surface area contributed by atoms with Gasteiger partial charge in [-0.3, -0.25) is 4.79 Å². The minimum atomic E-state index is -0.840. The minimum absolute atomic E-state index is 0.0203. The van der Waals surface area contributed by atoms with Gasteiger partial charge in [0.1, 0.15) is 5.75 Å². The lowest BCUT2D eigenvalue weighted by Crippen LogP contribution is -2.22. The number of methoxy groups -OCH3 is 1. The molecule has 0 amide bonds. The molecule has 0 spiro atoms.